The summed E-state index contributed by atoms with van der Waals surface area (Å²) in [4.78, 5) is 29.9. The summed E-state index contributed by atoms with van der Waals surface area (Å²) in [5.41, 5.74) is 3.09. The Kier molecular flexibility index (Phi) is 5.31. The highest BCUT2D eigenvalue weighted by atomic mass is 16.4. The van der Waals surface area contributed by atoms with Gasteiger partial charge in [-0.1, -0.05) is 49.6 Å². The molecule has 0 spiro atoms. The Morgan fingerprint density at radius 2 is 1.66 bits per heavy atom. The van der Waals surface area contributed by atoms with E-state index in [4.69, 9.17) is 0 Å². The lowest BCUT2D eigenvalue weighted by Crippen LogP contribution is -2.50. The fourth-order valence-corrected chi connectivity index (χ4v) is 4.90. The molecule has 1 heterocycles. The molecule has 4 rings (SSSR count). The summed E-state index contributed by atoms with van der Waals surface area (Å²) in [6.45, 7) is 0. The predicted octanol–water partition coefficient (Wildman–Crippen LogP) is 4.45. The maximum atomic E-state index is 13.6. The van der Waals surface area contributed by atoms with E-state index in [9.17, 15) is 14.7 Å². The quantitative estimate of drug-likeness (QED) is 0.835. The molecule has 1 aliphatic heterocycles. The Morgan fingerprint density at radius 1 is 1.00 bits per heavy atom. The second kappa shape index (κ2) is 7.90. The Hall–Kier alpha value is -2.82. The largest absolute Gasteiger partial charge is 0.481 e. The van der Waals surface area contributed by atoms with Gasteiger partial charge in [-0.15, -0.1) is 0 Å². The van der Waals surface area contributed by atoms with E-state index >= 15 is 0 Å². The zero-order chi connectivity index (χ0) is 20.5. The Labute approximate surface area is 171 Å². The van der Waals surface area contributed by atoms with Gasteiger partial charge in [0.1, 0.15) is 5.92 Å². The molecule has 1 N–H and O–H groups in total. The first-order chi connectivity index (χ1) is 14.0. The smallest absolute Gasteiger partial charge is 0.313 e. The lowest BCUT2D eigenvalue weighted by atomic mass is 9.77. The van der Waals surface area contributed by atoms with Gasteiger partial charge in [0.05, 0.1) is 6.04 Å². The first kappa shape index (κ1) is 19.5. The monoisotopic (exact) mass is 392 g/mol. The van der Waals surface area contributed by atoms with Crippen molar-refractivity contribution < 1.29 is 14.7 Å². The van der Waals surface area contributed by atoms with Crippen LogP contribution in [0.1, 0.15) is 65.5 Å². The van der Waals surface area contributed by atoms with Gasteiger partial charge in [0.25, 0.3) is 5.91 Å². The molecule has 1 amide bonds. The number of carbonyl (C=O) groups is 2. The van der Waals surface area contributed by atoms with Crippen molar-refractivity contribution in [1.82, 2.24) is 4.90 Å². The molecule has 1 saturated carbocycles. The second-order valence-electron chi connectivity index (χ2n) is 8.34. The summed E-state index contributed by atoms with van der Waals surface area (Å²) in [6, 6.07) is 14.8. The molecule has 2 aliphatic rings. The average molecular weight is 392 g/mol. The summed E-state index contributed by atoms with van der Waals surface area (Å²) in [7, 11) is 3.95. The average Bonchev–Trinajstić information content (AvgIpc) is 2.74. The first-order valence-corrected chi connectivity index (χ1v) is 10.4. The van der Waals surface area contributed by atoms with Gasteiger partial charge in [-0.25, -0.2) is 0 Å². The van der Waals surface area contributed by atoms with Crippen LogP contribution in [0.2, 0.25) is 0 Å². The van der Waals surface area contributed by atoms with Crippen LogP contribution in [0, 0.1) is 0 Å². The number of benzene rings is 2. The molecule has 2 aromatic rings. The van der Waals surface area contributed by atoms with Crippen LogP contribution in [-0.2, 0) is 4.79 Å². The number of hydrogen-bond acceptors (Lipinski definition) is 3. The molecular formula is C24H28N2O3. The van der Waals surface area contributed by atoms with Crippen molar-refractivity contribution in [2.45, 2.75) is 50.1 Å². The number of amides is 1. The van der Waals surface area contributed by atoms with Crippen LogP contribution >= 0.6 is 0 Å². The van der Waals surface area contributed by atoms with Crippen molar-refractivity contribution in [3.63, 3.8) is 0 Å². The molecule has 1 fully saturated rings. The zero-order valence-electron chi connectivity index (χ0n) is 17.0. The molecule has 0 bridgehead atoms. The number of aliphatic carboxylic acids is 1. The summed E-state index contributed by atoms with van der Waals surface area (Å²) in [6.07, 6.45) is 5.22. The SMILES string of the molecule is CN(C)c1ccc(C2C(C(=O)O)c3ccccc3C(=O)N2C2CCCCC2)cc1. The maximum absolute atomic E-state index is 13.6. The lowest BCUT2D eigenvalue weighted by Gasteiger charge is -2.46. The van der Waals surface area contributed by atoms with E-state index in [0.717, 1.165) is 36.9 Å². The number of rotatable bonds is 4. The third kappa shape index (κ3) is 3.50. The van der Waals surface area contributed by atoms with Gasteiger partial charge < -0.3 is 14.9 Å². The van der Waals surface area contributed by atoms with Crippen molar-refractivity contribution in [1.29, 1.82) is 0 Å². The van der Waals surface area contributed by atoms with Gasteiger partial charge in [0.2, 0.25) is 0 Å². The van der Waals surface area contributed by atoms with E-state index < -0.39 is 17.9 Å². The minimum absolute atomic E-state index is 0.0355. The van der Waals surface area contributed by atoms with E-state index in [1.807, 2.05) is 60.3 Å². The van der Waals surface area contributed by atoms with Gasteiger partial charge in [0, 0.05) is 31.4 Å². The number of anilines is 1. The van der Waals surface area contributed by atoms with Crippen LogP contribution in [0.5, 0.6) is 0 Å². The van der Waals surface area contributed by atoms with E-state index in [2.05, 4.69) is 0 Å². The minimum Gasteiger partial charge on any atom is -0.481 e. The van der Waals surface area contributed by atoms with Gasteiger partial charge in [-0.3, -0.25) is 9.59 Å². The van der Waals surface area contributed by atoms with Gasteiger partial charge in [0.15, 0.2) is 0 Å². The maximum Gasteiger partial charge on any atom is 0.313 e. The number of hydrogen-bond donors (Lipinski definition) is 1. The van der Waals surface area contributed by atoms with Crippen LogP contribution in [-0.4, -0.2) is 42.0 Å². The highest BCUT2D eigenvalue weighted by Gasteiger charge is 2.46. The molecule has 29 heavy (non-hydrogen) atoms. The minimum atomic E-state index is -0.882. The Balaban J connectivity index is 1.86. The van der Waals surface area contributed by atoms with Crippen molar-refractivity contribution >= 4 is 17.6 Å². The molecule has 2 aromatic carbocycles. The molecule has 2 unspecified atom stereocenters. The molecule has 0 aromatic heterocycles. The van der Waals surface area contributed by atoms with Gasteiger partial charge >= 0.3 is 5.97 Å². The Bertz CT molecular complexity index is 901. The van der Waals surface area contributed by atoms with Crippen molar-refractivity contribution in [2.75, 3.05) is 19.0 Å². The van der Waals surface area contributed by atoms with Crippen molar-refractivity contribution in [3.05, 3.63) is 65.2 Å². The zero-order valence-corrected chi connectivity index (χ0v) is 17.0. The van der Waals surface area contributed by atoms with E-state index in [1.165, 1.54) is 6.42 Å². The lowest BCUT2D eigenvalue weighted by molar-refractivity contribution is -0.141. The van der Waals surface area contributed by atoms with Crippen LogP contribution in [0.4, 0.5) is 5.69 Å². The van der Waals surface area contributed by atoms with Crippen LogP contribution in [0.3, 0.4) is 0 Å². The summed E-state index contributed by atoms with van der Waals surface area (Å²) >= 11 is 0. The normalized spacial score (nSPS) is 22.3. The predicted molar refractivity (Wildman–Crippen MR) is 113 cm³/mol. The van der Waals surface area contributed by atoms with Crippen LogP contribution in [0.25, 0.3) is 0 Å². The molecule has 0 radical (unpaired) electrons. The highest BCUT2D eigenvalue weighted by Crippen LogP contribution is 2.45. The Morgan fingerprint density at radius 3 is 2.28 bits per heavy atom. The molecule has 5 heteroatoms. The summed E-state index contributed by atoms with van der Waals surface area (Å²) in [5.74, 6) is -1.69. The fraction of sp³-hybridized carbons (Fsp3) is 0.417. The molecule has 1 aliphatic carbocycles. The molecule has 0 saturated heterocycles. The van der Waals surface area contributed by atoms with Crippen molar-refractivity contribution in [2.24, 2.45) is 0 Å². The summed E-state index contributed by atoms with van der Waals surface area (Å²) in [5, 5.41) is 10.2. The number of fused-ring (bicyclic) bond motifs is 1. The van der Waals surface area contributed by atoms with Crippen molar-refractivity contribution in [3.8, 4) is 0 Å². The van der Waals surface area contributed by atoms with Crippen LogP contribution in [0.15, 0.2) is 48.5 Å². The third-order valence-electron chi connectivity index (χ3n) is 6.36. The second-order valence-corrected chi connectivity index (χ2v) is 8.34. The number of carbonyl (C=O) groups excluding carboxylic acids is 1. The van der Waals surface area contributed by atoms with Gasteiger partial charge in [-0.05, 0) is 42.2 Å². The molecule has 2 atom stereocenters. The fourth-order valence-electron chi connectivity index (χ4n) is 4.90. The van der Waals surface area contributed by atoms with E-state index in [0.29, 0.717) is 11.1 Å². The molecular weight excluding hydrogens is 364 g/mol. The third-order valence-corrected chi connectivity index (χ3v) is 6.36. The van der Waals surface area contributed by atoms with Gasteiger partial charge in [-0.2, -0.15) is 0 Å². The number of nitrogens with zero attached hydrogens (tertiary/aromatic N) is 2. The highest BCUT2D eigenvalue weighted by molar-refractivity contribution is 6.00. The van der Waals surface area contributed by atoms with Crippen LogP contribution < -0.4 is 4.90 Å². The standard InChI is InChI=1S/C24H28N2O3/c1-25(2)17-14-12-16(13-15-17)22-21(24(28)29)19-10-6-7-11-20(19)23(27)26(22)18-8-4-3-5-9-18/h6-7,10-15,18,21-22H,3-5,8-9H2,1-2H3,(H,28,29). The molecule has 5 nitrogen and oxygen atoms in total. The number of carboxylic acid groups (broad SMARTS) is 1. The van der Waals surface area contributed by atoms with E-state index in [-0.39, 0.29) is 11.9 Å². The summed E-state index contributed by atoms with van der Waals surface area (Å²) < 4.78 is 0. The van der Waals surface area contributed by atoms with E-state index in [1.54, 1.807) is 12.1 Å². The topological polar surface area (TPSA) is 60.9 Å². The molecule has 152 valence electrons. The number of carboxylic acids is 1. The first-order valence-electron chi connectivity index (χ1n) is 10.4.